The molecule has 1 heterocycles. The van der Waals surface area contributed by atoms with Crippen LogP contribution in [0.4, 0.5) is 17.3 Å². The molecule has 0 saturated carbocycles. The lowest BCUT2D eigenvalue weighted by Gasteiger charge is -2.15. The zero-order valence-electron chi connectivity index (χ0n) is 8.99. The van der Waals surface area contributed by atoms with Gasteiger partial charge in [-0.1, -0.05) is 6.08 Å². The molecular formula is C9H16N6. The number of nitrogens with two attached hydrogens (primary N) is 1. The van der Waals surface area contributed by atoms with Gasteiger partial charge in [-0.05, 0) is 0 Å². The van der Waals surface area contributed by atoms with Crippen LogP contribution in [0.1, 0.15) is 0 Å². The van der Waals surface area contributed by atoms with Crippen molar-refractivity contribution in [1.82, 2.24) is 15.0 Å². The lowest BCUT2D eigenvalue weighted by molar-refractivity contribution is 0.492. The Bertz CT molecular complexity index is 335. The van der Waals surface area contributed by atoms with Crippen molar-refractivity contribution in [3.63, 3.8) is 0 Å². The highest BCUT2D eigenvalue weighted by Crippen LogP contribution is 2.21. The smallest absolute Gasteiger partial charge is 0.169 e. The second-order valence-corrected chi connectivity index (χ2v) is 3.16. The Morgan fingerprint density at radius 3 is 2.73 bits per heavy atom. The Kier molecular flexibility index (Phi) is 3.87. The summed E-state index contributed by atoms with van der Waals surface area (Å²) in [5.74, 6) is 1.19. The van der Waals surface area contributed by atoms with Crippen molar-refractivity contribution in [2.45, 2.75) is 0 Å². The van der Waals surface area contributed by atoms with Gasteiger partial charge in [-0.3, -0.25) is 0 Å². The molecule has 0 fully saturated rings. The van der Waals surface area contributed by atoms with E-state index < -0.39 is 0 Å². The Balaban J connectivity index is 2.84. The van der Waals surface area contributed by atoms with Crippen LogP contribution in [0.3, 0.4) is 0 Å². The van der Waals surface area contributed by atoms with Crippen LogP contribution >= 0.6 is 0 Å². The predicted molar refractivity (Wildman–Crippen MR) is 62.4 cm³/mol. The summed E-state index contributed by atoms with van der Waals surface area (Å²) in [5.41, 5.74) is 9.34. The van der Waals surface area contributed by atoms with Crippen LogP contribution in [0.2, 0.25) is 0 Å². The number of rotatable bonds is 5. The maximum atomic E-state index is 5.86. The third-order valence-corrected chi connectivity index (χ3v) is 1.63. The molecule has 6 nitrogen and oxygen atoms in total. The molecule has 15 heavy (non-hydrogen) atoms. The number of nitrogen functional groups attached to an aromatic ring is 1. The van der Waals surface area contributed by atoms with Crippen LogP contribution in [0, 0.1) is 0 Å². The molecule has 0 saturated heterocycles. The van der Waals surface area contributed by atoms with Gasteiger partial charge in [0, 0.05) is 20.6 Å². The number of hydrogen-bond donors (Lipinski definition) is 3. The molecular weight excluding hydrogens is 192 g/mol. The van der Waals surface area contributed by atoms with E-state index in [1.165, 1.54) is 6.33 Å². The fourth-order valence-corrected chi connectivity index (χ4v) is 1.01. The van der Waals surface area contributed by atoms with Crippen LogP contribution in [-0.4, -0.2) is 35.6 Å². The molecule has 1 rings (SSSR count). The Labute approximate surface area is 89.2 Å². The molecule has 0 aliphatic rings. The summed E-state index contributed by atoms with van der Waals surface area (Å²) < 4.78 is 0. The largest absolute Gasteiger partial charge is 0.393 e. The number of aromatic nitrogens is 2. The second-order valence-electron chi connectivity index (χ2n) is 3.16. The van der Waals surface area contributed by atoms with Gasteiger partial charge in [0.1, 0.15) is 12.0 Å². The second kappa shape index (κ2) is 5.16. The zero-order valence-corrected chi connectivity index (χ0v) is 8.99. The fourth-order valence-electron chi connectivity index (χ4n) is 1.01. The first-order chi connectivity index (χ1) is 7.15. The first kappa shape index (κ1) is 11.3. The Morgan fingerprint density at radius 1 is 1.47 bits per heavy atom. The van der Waals surface area contributed by atoms with E-state index in [4.69, 9.17) is 5.73 Å². The molecule has 0 amide bonds. The normalized spacial score (nSPS) is 10.1. The topological polar surface area (TPSA) is 79.1 Å². The van der Waals surface area contributed by atoms with E-state index in [2.05, 4.69) is 27.3 Å². The standard InChI is InChI=1S/C9H16N6/c1-4-5-11-8-7(10)9(13-6-12-8)14-15(2)3/h4,6H,1,5,10H2,2-3H3,(H2,11,12,13,14). The van der Waals surface area contributed by atoms with Gasteiger partial charge in [0.15, 0.2) is 11.6 Å². The zero-order chi connectivity index (χ0) is 11.3. The van der Waals surface area contributed by atoms with Crippen molar-refractivity contribution in [1.29, 1.82) is 0 Å². The minimum absolute atomic E-state index is 0.494. The first-order valence-electron chi connectivity index (χ1n) is 4.54. The number of hydrogen-bond acceptors (Lipinski definition) is 6. The maximum Gasteiger partial charge on any atom is 0.169 e. The minimum atomic E-state index is 0.494. The molecule has 82 valence electrons. The molecule has 1 aromatic heterocycles. The van der Waals surface area contributed by atoms with Gasteiger partial charge in [-0.15, -0.1) is 6.58 Å². The molecule has 0 aliphatic heterocycles. The Morgan fingerprint density at radius 2 is 2.13 bits per heavy atom. The highest BCUT2D eigenvalue weighted by atomic mass is 15.5. The van der Waals surface area contributed by atoms with Crippen molar-refractivity contribution in [3.8, 4) is 0 Å². The highest BCUT2D eigenvalue weighted by Gasteiger charge is 2.06. The molecule has 0 spiro atoms. The summed E-state index contributed by atoms with van der Waals surface area (Å²) in [7, 11) is 3.72. The number of hydrazine groups is 1. The summed E-state index contributed by atoms with van der Waals surface area (Å²) in [6, 6.07) is 0. The molecule has 0 aromatic carbocycles. The summed E-state index contributed by atoms with van der Waals surface area (Å²) in [4.78, 5) is 8.06. The lowest BCUT2D eigenvalue weighted by atomic mass is 10.4. The van der Waals surface area contributed by atoms with Crippen LogP contribution in [0.25, 0.3) is 0 Å². The van der Waals surface area contributed by atoms with Crippen molar-refractivity contribution in [2.75, 3.05) is 37.1 Å². The quantitative estimate of drug-likeness (QED) is 0.484. The van der Waals surface area contributed by atoms with Gasteiger partial charge in [-0.25, -0.2) is 15.0 Å². The van der Waals surface area contributed by atoms with Gasteiger partial charge < -0.3 is 16.5 Å². The molecule has 0 radical (unpaired) electrons. The first-order valence-corrected chi connectivity index (χ1v) is 4.54. The number of nitrogens with one attached hydrogen (secondary N) is 2. The van der Waals surface area contributed by atoms with E-state index in [0.29, 0.717) is 23.9 Å². The summed E-state index contributed by atoms with van der Waals surface area (Å²) >= 11 is 0. The van der Waals surface area contributed by atoms with Crippen LogP contribution in [0.15, 0.2) is 19.0 Å². The third-order valence-electron chi connectivity index (χ3n) is 1.63. The van der Waals surface area contributed by atoms with E-state index >= 15 is 0 Å². The molecule has 6 heteroatoms. The van der Waals surface area contributed by atoms with Gasteiger partial charge in [-0.2, -0.15) is 0 Å². The fraction of sp³-hybridized carbons (Fsp3) is 0.333. The molecule has 0 bridgehead atoms. The molecule has 1 aromatic rings. The number of anilines is 3. The van der Waals surface area contributed by atoms with Gasteiger partial charge in [0.2, 0.25) is 0 Å². The average Bonchev–Trinajstić information content (AvgIpc) is 2.19. The van der Waals surface area contributed by atoms with Crippen molar-refractivity contribution in [2.24, 2.45) is 0 Å². The van der Waals surface area contributed by atoms with Gasteiger partial charge in [0.25, 0.3) is 0 Å². The summed E-state index contributed by atoms with van der Waals surface area (Å²) in [5, 5.41) is 4.78. The molecule has 0 atom stereocenters. The van der Waals surface area contributed by atoms with Crippen molar-refractivity contribution < 1.29 is 0 Å². The minimum Gasteiger partial charge on any atom is -0.393 e. The molecule has 0 unspecified atom stereocenters. The monoisotopic (exact) mass is 208 g/mol. The lowest BCUT2D eigenvalue weighted by Crippen LogP contribution is -2.22. The SMILES string of the molecule is C=CCNc1ncnc(NN(C)C)c1N. The van der Waals surface area contributed by atoms with E-state index in [-0.39, 0.29) is 0 Å². The average molecular weight is 208 g/mol. The van der Waals surface area contributed by atoms with Crippen molar-refractivity contribution in [3.05, 3.63) is 19.0 Å². The predicted octanol–water partition coefficient (Wildman–Crippen LogP) is 0.545. The number of nitrogens with zero attached hydrogens (tertiary/aromatic N) is 3. The Hall–Kier alpha value is -1.82. The highest BCUT2D eigenvalue weighted by molar-refractivity contribution is 5.73. The van der Waals surface area contributed by atoms with Crippen LogP contribution < -0.4 is 16.5 Å². The molecule has 0 aliphatic carbocycles. The van der Waals surface area contributed by atoms with Gasteiger partial charge in [0.05, 0.1) is 0 Å². The van der Waals surface area contributed by atoms with Crippen molar-refractivity contribution >= 4 is 17.3 Å². The maximum absolute atomic E-state index is 5.86. The van der Waals surface area contributed by atoms with E-state index in [0.717, 1.165) is 0 Å². The van der Waals surface area contributed by atoms with Gasteiger partial charge >= 0.3 is 0 Å². The van der Waals surface area contributed by atoms with E-state index in [9.17, 15) is 0 Å². The van der Waals surface area contributed by atoms with E-state index in [1.54, 1.807) is 11.1 Å². The van der Waals surface area contributed by atoms with E-state index in [1.807, 2.05) is 14.1 Å². The van der Waals surface area contributed by atoms with Crippen LogP contribution in [-0.2, 0) is 0 Å². The van der Waals surface area contributed by atoms with Crippen LogP contribution in [0.5, 0.6) is 0 Å². The summed E-state index contributed by atoms with van der Waals surface area (Å²) in [6.45, 7) is 4.22. The molecule has 4 N–H and O–H groups in total. The summed E-state index contributed by atoms with van der Waals surface area (Å²) in [6.07, 6.45) is 3.19. The third kappa shape index (κ3) is 3.10.